The monoisotopic (exact) mass is 311 g/mol. The van der Waals surface area contributed by atoms with E-state index in [1.807, 2.05) is 24.3 Å². The molecule has 1 aliphatic rings. The van der Waals surface area contributed by atoms with E-state index in [0.29, 0.717) is 12.0 Å². The van der Waals surface area contributed by atoms with E-state index >= 15 is 0 Å². The van der Waals surface area contributed by atoms with Crippen molar-refractivity contribution in [3.63, 3.8) is 0 Å². The Labute approximate surface area is 135 Å². The average Bonchev–Trinajstić information content (AvgIpc) is 2.55. The minimum absolute atomic E-state index is 0.0499. The standard InChI is InChI=1S/C18H21N3O2/c1-2-3-12-4-6-13(7-5-12)18(23)19-15-8-9-16-14(10-15)11-17(22)21-20-16/h4-7,11,15H,2-3,8-10H2,1H3,(H,19,23)(H,21,22). The molecule has 5 heteroatoms. The van der Waals surface area contributed by atoms with E-state index in [0.717, 1.165) is 36.9 Å². The number of fused-ring (bicyclic) bond motifs is 1. The van der Waals surface area contributed by atoms with Crippen molar-refractivity contribution in [2.75, 3.05) is 0 Å². The fraction of sp³-hybridized carbons (Fsp3) is 0.389. The Bertz CT molecular complexity index is 750. The van der Waals surface area contributed by atoms with E-state index in [9.17, 15) is 9.59 Å². The summed E-state index contributed by atoms with van der Waals surface area (Å²) in [5.74, 6) is -0.0562. The summed E-state index contributed by atoms with van der Waals surface area (Å²) in [6.07, 6.45) is 4.40. The maximum absolute atomic E-state index is 12.4. The molecule has 1 aromatic heterocycles. The molecule has 0 radical (unpaired) electrons. The summed E-state index contributed by atoms with van der Waals surface area (Å²) in [5.41, 5.74) is 3.60. The summed E-state index contributed by atoms with van der Waals surface area (Å²) in [6, 6.07) is 9.41. The van der Waals surface area contributed by atoms with Crippen LogP contribution < -0.4 is 10.9 Å². The van der Waals surface area contributed by atoms with E-state index in [2.05, 4.69) is 22.4 Å². The first-order valence-corrected chi connectivity index (χ1v) is 8.13. The minimum atomic E-state index is -0.192. The molecule has 1 atom stereocenters. The number of nitrogens with one attached hydrogen (secondary N) is 2. The number of carbonyl (C=O) groups excluding carboxylic acids is 1. The zero-order valence-electron chi connectivity index (χ0n) is 13.3. The van der Waals surface area contributed by atoms with Gasteiger partial charge >= 0.3 is 0 Å². The van der Waals surface area contributed by atoms with Crippen LogP contribution in [0.25, 0.3) is 0 Å². The van der Waals surface area contributed by atoms with Crippen molar-refractivity contribution in [1.29, 1.82) is 0 Å². The van der Waals surface area contributed by atoms with Crippen LogP contribution in [0.5, 0.6) is 0 Å². The number of hydrogen-bond acceptors (Lipinski definition) is 3. The van der Waals surface area contributed by atoms with Gasteiger partial charge in [0, 0.05) is 17.7 Å². The van der Waals surface area contributed by atoms with Gasteiger partial charge in [0.05, 0.1) is 5.69 Å². The first kappa shape index (κ1) is 15.5. The Morgan fingerprint density at radius 1 is 1.35 bits per heavy atom. The molecule has 0 spiro atoms. The molecular weight excluding hydrogens is 290 g/mol. The molecule has 1 aromatic carbocycles. The van der Waals surface area contributed by atoms with Crippen LogP contribution >= 0.6 is 0 Å². The topological polar surface area (TPSA) is 74.8 Å². The van der Waals surface area contributed by atoms with E-state index in [1.54, 1.807) is 6.07 Å². The van der Waals surface area contributed by atoms with Crippen LogP contribution in [-0.2, 0) is 19.3 Å². The van der Waals surface area contributed by atoms with Crippen LogP contribution in [-0.4, -0.2) is 22.1 Å². The summed E-state index contributed by atoms with van der Waals surface area (Å²) < 4.78 is 0. The molecule has 120 valence electrons. The normalized spacial score (nSPS) is 16.7. The van der Waals surface area contributed by atoms with Crippen molar-refractivity contribution >= 4 is 5.91 Å². The summed E-state index contributed by atoms with van der Waals surface area (Å²) in [7, 11) is 0. The summed E-state index contributed by atoms with van der Waals surface area (Å²) in [5, 5.41) is 9.60. The van der Waals surface area contributed by atoms with Crippen molar-refractivity contribution in [2.45, 2.75) is 45.1 Å². The largest absolute Gasteiger partial charge is 0.349 e. The number of aromatic amines is 1. The first-order valence-electron chi connectivity index (χ1n) is 8.13. The molecule has 0 aliphatic heterocycles. The lowest BCUT2D eigenvalue weighted by molar-refractivity contribution is 0.0933. The van der Waals surface area contributed by atoms with E-state index < -0.39 is 0 Å². The molecule has 5 nitrogen and oxygen atoms in total. The van der Waals surface area contributed by atoms with Crippen LogP contribution in [0.3, 0.4) is 0 Å². The number of aryl methyl sites for hydroxylation is 2. The predicted molar refractivity (Wildman–Crippen MR) is 88.6 cm³/mol. The Kier molecular flexibility index (Phi) is 4.55. The number of nitrogens with zero attached hydrogens (tertiary/aromatic N) is 1. The van der Waals surface area contributed by atoms with Gasteiger partial charge in [-0.1, -0.05) is 25.5 Å². The highest BCUT2D eigenvalue weighted by Crippen LogP contribution is 2.18. The number of hydrogen-bond donors (Lipinski definition) is 2. The van der Waals surface area contributed by atoms with E-state index in [-0.39, 0.29) is 17.5 Å². The Morgan fingerprint density at radius 3 is 2.87 bits per heavy atom. The highest BCUT2D eigenvalue weighted by atomic mass is 16.1. The highest BCUT2D eigenvalue weighted by Gasteiger charge is 2.22. The zero-order valence-corrected chi connectivity index (χ0v) is 13.3. The van der Waals surface area contributed by atoms with Gasteiger partial charge in [-0.15, -0.1) is 0 Å². The third-order valence-electron chi connectivity index (χ3n) is 4.26. The van der Waals surface area contributed by atoms with Crippen molar-refractivity contribution in [2.24, 2.45) is 0 Å². The SMILES string of the molecule is CCCc1ccc(C(=O)NC2CCc3n[nH]c(=O)cc3C2)cc1. The molecule has 1 unspecified atom stereocenters. The molecular formula is C18H21N3O2. The molecule has 0 fully saturated rings. The minimum Gasteiger partial charge on any atom is -0.349 e. The molecule has 23 heavy (non-hydrogen) atoms. The number of benzene rings is 1. The van der Waals surface area contributed by atoms with Crippen LogP contribution in [0, 0.1) is 0 Å². The lowest BCUT2D eigenvalue weighted by Crippen LogP contribution is -2.39. The summed E-state index contributed by atoms with van der Waals surface area (Å²) in [6.45, 7) is 2.14. The summed E-state index contributed by atoms with van der Waals surface area (Å²) >= 11 is 0. The third kappa shape index (κ3) is 3.67. The number of aromatic nitrogens is 2. The van der Waals surface area contributed by atoms with Gasteiger partial charge in [-0.3, -0.25) is 9.59 Å². The lowest BCUT2D eigenvalue weighted by Gasteiger charge is -2.24. The number of carbonyl (C=O) groups is 1. The maximum atomic E-state index is 12.4. The molecule has 2 aromatic rings. The fourth-order valence-corrected chi connectivity index (χ4v) is 3.04. The van der Waals surface area contributed by atoms with Gasteiger partial charge in [0.25, 0.3) is 11.5 Å². The van der Waals surface area contributed by atoms with E-state index in [1.165, 1.54) is 5.56 Å². The van der Waals surface area contributed by atoms with E-state index in [4.69, 9.17) is 0 Å². The van der Waals surface area contributed by atoms with Crippen LogP contribution in [0.1, 0.15) is 46.9 Å². The molecule has 0 saturated carbocycles. The lowest BCUT2D eigenvalue weighted by atomic mass is 9.92. The predicted octanol–water partition coefficient (Wildman–Crippen LogP) is 2.01. The zero-order chi connectivity index (χ0) is 16.2. The number of rotatable bonds is 4. The maximum Gasteiger partial charge on any atom is 0.264 e. The van der Waals surface area contributed by atoms with Crippen molar-refractivity contribution in [3.8, 4) is 0 Å². The van der Waals surface area contributed by atoms with Gasteiger partial charge in [0.15, 0.2) is 0 Å². The second-order valence-corrected chi connectivity index (χ2v) is 6.06. The second-order valence-electron chi connectivity index (χ2n) is 6.06. The van der Waals surface area contributed by atoms with Gasteiger partial charge in [-0.2, -0.15) is 5.10 Å². The molecule has 2 N–H and O–H groups in total. The number of amides is 1. The number of H-pyrrole nitrogens is 1. The van der Waals surface area contributed by atoms with Gasteiger partial charge in [-0.25, -0.2) is 5.10 Å². The molecule has 3 rings (SSSR count). The second kappa shape index (κ2) is 6.77. The molecule has 0 bridgehead atoms. The first-order chi connectivity index (χ1) is 11.2. The van der Waals surface area contributed by atoms with Gasteiger partial charge in [-0.05, 0) is 48.9 Å². The van der Waals surface area contributed by atoms with Gasteiger partial charge in [0.1, 0.15) is 0 Å². The Balaban J connectivity index is 1.65. The Hall–Kier alpha value is -2.43. The highest BCUT2D eigenvalue weighted by molar-refractivity contribution is 5.94. The third-order valence-corrected chi connectivity index (χ3v) is 4.26. The Morgan fingerprint density at radius 2 is 2.13 bits per heavy atom. The quantitative estimate of drug-likeness (QED) is 0.907. The molecule has 1 amide bonds. The molecule has 0 saturated heterocycles. The fourth-order valence-electron chi connectivity index (χ4n) is 3.04. The van der Waals surface area contributed by atoms with Gasteiger partial charge in [0.2, 0.25) is 0 Å². The van der Waals surface area contributed by atoms with Crippen LogP contribution in [0.15, 0.2) is 35.1 Å². The smallest absolute Gasteiger partial charge is 0.264 e. The van der Waals surface area contributed by atoms with Crippen molar-refractivity contribution < 1.29 is 4.79 Å². The van der Waals surface area contributed by atoms with Crippen LogP contribution in [0.4, 0.5) is 0 Å². The molecule has 1 heterocycles. The summed E-state index contributed by atoms with van der Waals surface area (Å²) in [4.78, 5) is 23.7. The van der Waals surface area contributed by atoms with Crippen molar-refractivity contribution in [3.05, 3.63) is 63.1 Å². The average molecular weight is 311 g/mol. The molecule has 1 aliphatic carbocycles. The van der Waals surface area contributed by atoms with Crippen molar-refractivity contribution in [1.82, 2.24) is 15.5 Å². The van der Waals surface area contributed by atoms with Crippen LogP contribution in [0.2, 0.25) is 0 Å². The van der Waals surface area contributed by atoms with Gasteiger partial charge < -0.3 is 5.32 Å².